The molecule has 0 saturated carbocycles. The third kappa shape index (κ3) is 2.46. The summed E-state index contributed by atoms with van der Waals surface area (Å²) in [6, 6.07) is 1.15. The molecule has 2 rings (SSSR count). The van der Waals surface area contributed by atoms with E-state index >= 15 is 0 Å². The summed E-state index contributed by atoms with van der Waals surface area (Å²) in [7, 11) is 0. The summed E-state index contributed by atoms with van der Waals surface area (Å²) in [6.07, 6.45) is 7.27. The van der Waals surface area contributed by atoms with Gasteiger partial charge in [-0.2, -0.15) is 0 Å². The summed E-state index contributed by atoms with van der Waals surface area (Å²) in [5.41, 5.74) is 1.12. The summed E-state index contributed by atoms with van der Waals surface area (Å²) in [4.78, 5) is 11.1. The van der Waals surface area contributed by atoms with E-state index in [2.05, 4.69) is 35.6 Å². The number of aromatic nitrogens is 2. The lowest BCUT2D eigenvalue weighted by Gasteiger charge is -2.31. The molecule has 2 atom stereocenters. The van der Waals surface area contributed by atoms with E-state index in [1.807, 2.05) is 0 Å². The van der Waals surface area contributed by atoms with Crippen molar-refractivity contribution in [1.29, 1.82) is 0 Å². The zero-order valence-electron chi connectivity index (χ0n) is 11.5. The molecule has 18 heavy (non-hydrogen) atoms. The van der Waals surface area contributed by atoms with E-state index < -0.39 is 0 Å². The van der Waals surface area contributed by atoms with Gasteiger partial charge in [-0.3, -0.25) is 0 Å². The van der Waals surface area contributed by atoms with Crippen molar-refractivity contribution in [3.8, 4) is 0 Å². The van der Waals surface area contributed by atoms with Crippen LogP contribution in [0.4, 0.5) is 5.82 Å². The van der Waals surface area contributed by atoms with Gasteiger partial charge in [0.05, 0.1) is 0 Å². The summed E-state index contributed by atoms with van der Waals surface area (Å²) in [6.45, 7) is 6.69. The third-order valence-electron chi connectivity index (χ3n) is 3.87. The minimum atomic E-state index is 0.552. The topological polar surface area (TPSA) is 29.0 Å². The van der Waals surface area contributed by atoms with Crippen LogP contribution in [0, 0.1) is 0 Å². The molecule has 2 heterocycles. The lowest BCUT2D eigenvalue weighted by Crippen LogP contribution is -2.35. The van der Waals surface area contributed by atoms with Crippen LogP contribution in [0.2, 0.25) is 5.15 Å². The zero-order valence-corrected chi connectivity index (χ0v) is 12.2. The second-order valence-corrected chi connectivity index (χ2v) is 5.47. The molecule has 3 nitrogen and oxygen atoms in total. The zero-order chi connectivity index (χ0) is 13.1. The molecule has 1 aliphatic rings. The van der Waals surface area contributed by atoms with Crippen LogP contribution in [0.25, 0.3) is 0 Å². The van der Waals surface area contributed by atoms with E-state index in [9.17, 15) is 0 Å². The monoisotopic (exact) mass is 267 g/mol. The Balaban J connectivity index is 2.39. The number of nitrogens with zero attached hydrogens (tertiary/aromatic N) is 3. The number of hydrogen-bond donors (Lipinski definition) is 0. The molecule has 1 aromatic heterocycles. The lowest BCUT2D eigenvalue weighted by molar-refractivity contribution is 0.616. The Morgan fingerprint density at radius 2 is 2.11 bits per heavy atom. The molecule has 0 aliphatic carbocycles. The molecule has 0 spiro atoms. The Bertz CT molecular complexity index is 408. The first-order valence-corrected chi connectivity index (χ1v) is 7.34. The molecule has 1 aromatic rings. The lowest BCUT2D eigenvalue weighted by atomic mass is 10.1. The van der Waals surface area contributed by atoms with Gasteiger partial charge in [0.1, 0.15) is 17.3 Å². The first kappa shape index (κ1) is 13.6. The van der Waals surface area contributed by atoms with Crippen molar-refractivity contribution in [2.24, 2.45) is 0 Å². The molecule has 4 heteroatoms. The van der Waals surface area contributed by atoms with Gasteiger partial charge in [0.15, 0.2) is 0 Å². The Labute approximate surface area is 115 Å². The van der Waals surface area contributed by atoms with Crippen LogP contribution in [-0.4, -0.2) is 22.1 Å². The maximum absolute atomic E-state index is 6.25. The van der Waals surface area contributed by atoms with Crippen molar-refractivity contribution in [2.75, 3.05) is 4.90 Å². The Kier molecular flexibility index (Phi) is 4.44. The van der Waals surface area contributed by atoms with Crippen molar-refractivity contribution in [3.63, 3.8) is 0 Å². The fraction of sp³-hybridized carbons (Fsp3) is 0.714. The van der Waals surface area contributed by atoms with Gasteiger partial charge in [-0.05, 0) is 32.6 Å². The summed E-state index contributed by atoms with van der Waals surface area (Å²) < 4.78 is 0. The second kappa shape index (κ2) is 5.87. The van der Waals surface area contributed by atoms with Crippen LogP contribution in [-0.2, 0) is 6.42 Å². The van der Waals surface area contributed by atoms with E-state index in [0.717, 1.165) is 30.6 Å². The summed E-state index contributed by atoms with van der Waals surface area (Å²) in [5, 5.41) is 0.621. The Hall–Kier alpha value is -0.830. The second-order valence-electron chi connectivity index (χ2n) is 5.11. The van der Waals surface area contributed by atoms with Crippen LogP contribution >= 0.6 is 11.6 Å². The molecule has 0 bridgehead atoms. The van der Waals surface area contributed by atoms with E-state index in [0.29, 0.717) is 17.2 Å². The van der Waals surface area contributed by atoms with Crippen LogP contribution in [0.1, 0.15) is 52.0 Å². The third-order valence-corrected chi connectivity index (χ3v) is 4.20. The molecule has 2 unspecified atom stereocenters. The molecule has 100 valence electrons. The summed E-state index contributed by atoms with van der Waals surface area (Å²) >= 11 is 6.25. The fourth-order valence-corrected chi connectivity index (χ4v) is 3.15. The van der Waals surface area contributed by atoms with Crippen molar-refractivity contribution < 1.29 is 0 Å². The van der Waals surface area contributed by atoms with Crippen LogP contribution in [0.5, 0.6) is 0 Å². The number of rotatable bonds is 4. The van der Waals surface area contributed by atoms with Crippen molar-refractivity contribution in [2.45, 2.75) is 65.0 Å². The number of hydrogen-bond acceptors (Lipinski definition) is 3. The fourth-order valence-electron chi connectivity index (χ4n) is 2.92. The van der Waals surface area contributed by atoms with Gasteiger partial charge in [-0.15, -0.1) is 0 Å². The van der Waals surface area contributed by atoms with Gasteiger partial charge >= 0.3 is 0 Å². The molecule has 1 saturated heterocycles. The van der Waals surface area contributed by atoms with Gasteiger partial charge in [-0.25, -0.2) is 9.97 Å². The molecule has 0 aromatic carbocycles. The molecule has 1 aliphatic heterocycles. The van der Waals surface area contributed by atoms with Crippen LogP contribution in [0.15, 0.2) is 6.33 Å². The van der Waals surface area contributed by atoms with Crippen molar-refractivity contribution in [1.82, 2.24) is 9.97 Å². The van der Waals surface area contributed by atoms with Crippen molar-refractivity contribution >= 4 is 17.4 Å². The van der Waals surface area contributed by atoms with Gasteiger partial charge in [0, 0.05) is 17.6 Å². The highest BCUT2D eigenvalue weighted by Gasteiger charge is 2.32. The Morgan fingerprint density at radius 1 is 1.33 bits per heavy atom. The molecule has 1 fully saturated rings. The standard InChI is InChI=1S/C14H22ClN3/c1-4-6-12-13(15)16-9-17-14(12)18-10(3)7-8-11(18)5-2/h9-11H,4-8H2,1-3H3. The van der Waals surface area contributed by atoms with E-state index in [4.69, 9.17) is 11.6 Å². The summed E-state index contributed by atoms with van der Waals surface area (Å²) in [5.74, 6) is 1.06. The first-order chi connectivity index (χ1) is 8.69. The Morgan fingerprint density at radius 3 is 2.78 bits per heavy atom. The molecule has 0 amide bonds. The molecule has 0 radical (unpaired) electrons. The highest BCUT2D eigenvalue weighted by molar-refractivity contribution is 6.30. The predicted octanol–water partition coefficient (Wildman–Crippen LogP) is 3.85. The molecular weight excluding hydrogens is 246 g/mol. The highest BCUT2D eigenvalue weighted by atomic mass is 35.5. The van der Waals surface area contributed by atoms with Crippen LogP contribution in [0.3, 0.4) is 0 Å². The number of anilines is 1. The maximum atomic E-state index is 6.25. The SMILES string of the molecule is CCCc1c(Cl)ncnc1N1C(C)CCC1CC. The minimum absolute atomic E-state index is 0.552. The average Bonchev–Trinajstić information content (AvgIpc) is 2.73. The molecular formula is C14H22ClN3. The first-order valence-electron chi connectivity index (χ1n) is 6.96. The predicted molar refractivity (Wildman–Crippen MR) is 76.3 cm³/mol. The minimum Gasteiger partial charge on any atom is -0.351 e. The number of halogens is 1. The largest absolute Gasteiger partial charge is 0.351 e. The average molecular weight is 268 g/mol. The van der Waals surface area contributed by atoms with Crippen LogP contribution < -0.4 is 4.90 Å². The van der Waals surface area contributed by atoms with E-state index in [-0.39, 0.29) is 0 Å². The smallest absolute Gasteiger partial charge is 0.137 e. The van der Waals surface area contributed by atoms with Crippen molar-refractivity contribution in [3.05, 3.63) is 17.0 Å². The van der Waals surface area contributed by atoms with Gasteiger partial charge < -0.3 is 4.90 Å². The van der Waals surface area contributed by atoms with E-state index in [1.165, 1.54) is 12.8 Å². The van der Waals surface area contributed by atoms with Gasteiger partial charge in [0.2, 0.25) is 0 Å². The molecule has 0 N–H and O–H groups in total. The van der Waals surface area contributed by atoms with E-state index in [1.54, 1.807) is 6.33 Å². The highest BCUT2D eigenvalue weighted by Crippen LogP contribution is 2.34. The normalized spacial score (nSPS) is 23.7. The maximum Gasteiger partial charge on any atom is 0.137 e. The van der Waals surface area contributed by atoms with Gasteiger partial charge in [0.25, 0.3) is 0 Å². The van der Waals surface area contributed by atoms with Gasteiger partial charge in [-0.1, -0.05) is 31.9 Å². The quantitative estimate of drug-likeness (QED) is 0.776.